The zero-order chi connectivity index (χ0) is 11.5. The van der Waals surface area contributed by atoms with E-state index in [0.29, 0.717) is 5.92 Å². The Morgan fingerprint density at radius 1 is 1.38 bits per heavy atom. The van der Waals surface area contributed by atoms with Gasteiger partial charge in [-0.2, -0.15) is 0 Å². The summed E-state index contributed by atoms with van der Waals surface area (Å²) in [6.45, 7) is 5.40. The van der Waals surface area contributed by atoms with Crippen LogP contribution in [0.15, 0.2) is 18.6 Å². The fourth-order valence-electron chi connectivity index (χ4n) is 1.70. The molecule has 2 aromatic heterocycles. The molecular weight excluding hydrogens is 200 g/mol. The van der Waals surface area contributed by atoms with Crippen LogP contribution in [0.5, 0.6) is 0 Å². The fourth-order valence-corrected chi connectivity index (χ4v) is 1.70. The SMILES string of the molecule is CC(C)CCNc1ncnc2c1ccn2C. The smallest absolute Gasteiger partial charge is 0.145 e. The van der Waals surface area contributed by atoms with Gasteiger partial charge in [0.05, 0.1) is 5.39 Å². The maximum absolute atomic E-state index is 4.28. The number of hydrogen-bond acceptors (Lipinski definition) is 3. The van der Waals surface area contributed by atoms with E-state index in [1.165, 1.54) is 0 Å². The van der Waals surface area contributed by atoms with Gasteiger partial charge >= 0.3 is 0 Å². The number of anilines is 1. The van der Waals surface area contributed by atoms with Crippen molar-refractivity contribution in [2.75, 3.05) is 11.9 Å². The molecule has 0 aliphatic carbocycles. The van der Waals surface area contributed by atoms with Crippen LogP contribution in [0.25, 0.3) is 11.0 Å². The first-order valence-electron chi connectivity index (χ1n) is 5.68. The van der Waals surface area contributed by atoms with Crippen LogP contribution in [0, 0.1) is 5.92 Å². The van der Waals surface area contributed by atoms with E-state index in [-0.39, 0.29) is 0 Å². The Labute approximate surface area is 95.7 Å². The Morgan fingerprint density at radius 3 is 2.94 bits per heavy atom. The molecule has 1 N–H and O–H groups in total. The van der Waals surface area contributed by atoms with Gasteiger partial charge in [-0.25, -0.2) is 9.97 Å². The Kier molecular flexibility index (Phi) is 3.08. The molecular formula is C12H18N4. The highest BCUT2D eigenvalue weighted by Crippen LogP contribution is 2.19. The zero-order valence-electron chi connectivity index (χ0n) is 10.1. The Bertz CT molecular complexity index is 473. The largest absolute Gasteiger partial charge is 0.369 e. The van der Waals surface area contributed by atoms with Crippen LogP contribution in [0.4, 0.5) is 5.82 Å². The normalized spacial score (nSPS) is 11.2. The molecule has 2 heterocycles. The molecule has 4 heteroatoms. The van der Waals surface area contributed by atoms with Crippen molar-refractivity contribution >= 4 is 16.9 Å². The van der Waals surface area contributed by atoms with E-state index in [1.54, 1.807) is 6.33 Å². The summed E-state index contributed by atoms with van der Waals surface area (Å²) >= 11 is 0. The molecule has 0 aliphatic rings. The summed E-state index contributed by atoms with van der Waals surface area (Å²) in [6, 6.07) is 2.05. The standard InChI is InChI=1S/C12H18N4/c1-9(2)4-6-13-11-10-5-7-16(3)12(10)15-8-14-11/h5,7-9H,4,6H2,1-3H3,(H,13,14,15). The maximum atomic E-state index is 4.28. The molecule has 0 radical (unpaired) electrons. The number of hydrogen-bond donors (Lipinski definition) is 1. The molecule has 2 rings (SSSR count). The number of nitrogens with zero attached hydrogens (tertiary/aromatic N) is 3. The highest BCUT2D eigenvalue weighted by molar-refractivity contribution is 5.87. The summed E-state index contributed by atoms with van der Waals surface area (Å²) in [6.07, 6.45) is 4.77. The number of aryl methyl sites for hydroxylation is 1. The van der Waals surface area contributed by atoms with Crippen LogP contribution in [0.2, 0.25) is 0 Å². The summed E-state index contributed by atoms with van der Waals surface area (Å²) in [5, 5.41) is 4.46. The average Bonchev–Trinajstić information content (AvgIpc) is 2.61. The molecule has 0 spiro atoms. The van der Waals surface area contributed by atoms with Gasteiger partial charge in [-0.1, -0.05) is 13.8 Å². The highest BCUT2D eigenvalue weighted by Gasteiger charge is 2.05. The lowest BCUT2D eigenvalue weighted by Crippen LogP contribution is -2.06. The third-order valence-corrected chi connectivity index (χ3v) is 2.68. The summed E-state index contributed by atoms with van der Waals surface area (Å²) in [5.74, 6) is 1.65. The van der Waals surface area contributed by atoms with Crippen molar-refractivity contribution < 1.29 is 0 Å². The molecule has 0 bridgehead atoms. The van der Waals surface area contributed by atoms with Gasteiger partial charge in [0.15, 0.2) is 0 Å². The lowest BCUT2D eigenvalue weighted by Gasteiger charge is -2.08. The lowest BCUT2D eigenvalue weighted by molar-refractivity contribution is 0.607. The Hall–Kier alpha value is -1.58. The Morgan fingerprint density at radius 2 is 2.19 bits per heavy atom. The predicted octanol–water partition coefficient (Wildman–Crippen LogP) is 2.43. The number of aromatic nitrogens is 3. The van der Waals surface area contributed by atoms with Crippen molar-refractivity contribution in [3.63, 3.8) is 0 Å². The van der Waals surface area contributed by atoms with Gasteiger partial charge in [0.25, 0.3) is 0 Å². The molecule has 4 nitrogen and oxygen atoms in total. The molecule has 16 heavy (non-hydrogen) atoms. The molecule has 2 aromatic rings. The first-order valence-corrected chi connectivity index (χ1v) is 5.68. The molecule has 0 aromatic carbocycles. The van der Waals surface area contributed by atoms with Gasteiger partial charge in [-0.05, 0) is 18.4 Å². The minimum absolute atomic E-state index is 0.709. The highest BCUT2D eigenvalue weighted by atomic mass is 15.1. The minimum Gasteiger partial charge on any atom is -0.369 e. The van der Waals surface area contributed by atoms with Crippen LogP contribution < -0.4 is 5.32 Å². The van der Waals surface area contributed by atoms with E-state index < -0.39 is 0 Å². The summed E-state index contributed by atoms with van der Waals surface area (Å²) in [4.78, 5) is 8.54. The summed E-state index contributed by atoms with van der Waals surface area (Å²) in [5.41, 5.74) is 0.974. The summed E-state index contributed by atoms with van der Waals surface area (Å²) in [7, 11) is 1.99. The van der Waals surface area contributed by atoms with E-state index in [9.17, 15) is 0 Å². The molecule has 0 amide bonds. The van der Waals surface area contributed by atoms with Crippen LogP contribution >= 0.6 is 0 Å². The van der Waals surface area contributed by atoms with Crippen molar-refractivity contribution in [1.29, 1.82) is 0 Å². The number of nitrogens with one attached hydrogen (secondary N) is 1. The van der Waals surface area contributed by atoms with Crippen LogP contribution in [0.3, 0.4) is 0 Å². The quantitative estimate of drug-likeness (QED) is 0.857. The molecule has 86 valence electrons. The molecule has 0 saturated heterocycles. The fraction of sp³-hybridized carbons (Fsp3) is 0.500. The van der Waals surface area contributed by atoms with Gasteiger partial charge < -0.3 is 9.88 Å². The molecule has 0 unspecified atom stereocenters. The number of rotatable bonds is 4. The first-order chi connectivity index (χ1) is 7.68. The second kappa shape index (κ2) is 4.51. The van der Waals surface area contributed by atoms with Crippen molar-refractivity contribution in [1.82, 2.24) is 14.5 Å². The molecule has 0 atom stereocenters. The second-order valence-electron chi connectivity index (χ2n) is 4.50. The topological polar surface area (TPSA) is 42.7 Å². The van der Waals surface area contributed by atoms with Crippen molar-refractivity contribution in [2.45, 2.75) is 20.3 Å². The molecule has 0 saturated carbocycles. The first kappa shape index (κ1) is 10.9. The van der Waals surface area contributed by atoms with E-state index in [0.717, 1.165) is 29.8 Å². The van der Waals surface area contributed by atoms with Crippen molar-refractivity contribution in [3.05, 3.63) is 18.6 Å². The summed E-state index contributed by atoms with van der Waals surface area (Å²) < 4.78 is 2.00. The van der Waals surface area contributed by atoms with Crippen LogP contribution in [-0.4, -0.2) is 21.1 Å². The van der Waals surface area contributed by atoms with Gasteiger partial charge in [0, 0.05) is 19.8 Å². The zero-order valence-corrected chi connectivity index (χ0v) is 10.1. The van der Waals surface area contributed by atoms with Gasteiger partial charge in [0.1, 0.15) is 17.8 Å². The van der Waals surface area contributed by atoms with Crippen LogP contribution in [0.1, 0.15) is 20.3 Å². The van der Waals surface area contributed by atoms with Crippen molar-refractivity contribution in [2.24, 2.45) is 13.0 Å². The van der Waals surface area contributed by atoms with Gasteiger partial charge in [0.2, 0.25) is 0 Å². The Balaban J connectivity index is 2.17. The van der Waals surface area contributed by atoms with E-state index in [1.807, 2.05) is 23.9 Å². The lowest BCUT2D eigenvalue weighted by atomic mass is 10.1. The second-order valence-corrected chi connectivity index (χ2v) is 4.50. The number of fused-ring (bicyclic) bond motifs is 1. The third kappa shape index (κ3) is 2.15. The molecule has 0 aliphatic heterocycles. The van der Waals surface area contributed by atoms with Crippen LogP contribution in [-0.2, 0) is 7.05 Å². The van der Waals surface area contributed by atoms with E-state index in [4.69, 9.17) is 0 Å². The minimum atomic E-state index is 0.709. The molecule has 0 fully saturated rings. The van der Waals surface area contributed by atoms with Gasteiger partial charge in [-0.15, -0.1) is 0 Å². The average molecular weight is 218 g/mol. The van der Waals surface area contributed by atoms with E-state index in [2.05, 4.69) is 29.1 Å². The maximum Gasteiger partial charge on any atom is 0.145 e. The third-order valence-electron chi connectivity index (χ3n) is 2.68. The van der Waals surface area contributed by atoms with E-state index >= 15 is 0 Å². The predicted molar refractivity (Wildman–Crippen MR) is 66.5 cm³/mol. The monoisotopic (exact) mass is 218 g/mol. The van der Waals surface area contributed by atoms with Crippen molar-refractivity contribution in [3.8, 4) is 0 Å². The van der Waals surface area contributed by atoms with Gasteiger partial charge in [-0.3, -0.25) is 0 Å².